The molecule has 37 heavy (non-hydrogen) atoms. The van der Waals surface area contributed by atoms with Crippen molar-refractivity contribution in [3.63, 3.8) is 0 Å². The highest BCUT2D eigenvalue weighted by Gasteiger charge is 2.26. The van der Waals surface area contributed by atoms with E-state index in [2.05, 4.69) is 79.5 Å². The molecular formula is C34H35NO2. The maximum absolute atomic E-state index is 13.3. The molecule has 4 rings (SSSR count). The lowest BCUT2D eigenvalue weighted by atomic mass is 9.90. The van der Waals surface area contributed by atoms with Crippen LogP contribution in [0.3, 0.4) is 0 Å². The molecule has 0 fully saturated rings. The van der Waals surface area contributed by atoms with Crippen LogP contribution in [-0.2, 0) is 28.9 Å². The van der Waals surface area contributed by atoms with Crippen LogP contribution in [0.5, 0.6) is 0 Å². The summed E-state index contributed by atoms with van der Waals surface area (Å²) >= 11 is 0. The number of fused-ring (bicyclic) bond motifs is 1. The maximum atomic E-state index is 13.3. The van der Waals surface area contributed by atoms with Gasteiger partial charge in [0.15, 0.2) is 0 Å². The Bertz CT molecular complexity index is 1350. The van der Waals surface area contributed by atoms with Gasteiger partial charge in [-0.15, -0.1) is 0 Å². The van der Waals surface area contributed by atoms with E-state index in [0.29, 0.717) is 19.4 Å². The van der Waals surface area contributed by atoms with Crippen molar-refractivity contribution in [2.75, 3.05) is 6.54 Å². The number of aryl methyl sites for hydroxylation is 2. The molecule has 4 aromatic carbocycles. The number of Topliss-reactive ketones (excluding diaryl/α,β-unsaturated/α-hetero) is 1. The number of hydrogen-bond donors (Lipinski definition) is 1. The van der Waals surface area contributed by atoms with Crippen LogP contribution in [0.25, 0.3) is 16.8 Å². The van der Waals surface area contributed by atoms with Crippen LogP contribution in [0.15, 0.2) is 97.6 Å². The third kappa shape index (κ3) is 7.50. The molecule has 0 heterocycles. The second kappa shape index (κ2) is 12.8. The van der Waals surface area contributed by atoms with Gasteiger partial charge in [0.2, 0.25) is 5.91 Å². The average Bonchev–Trinajstić information content (AvgIpc) is 2.93. The average molecular weight is 490 g/mol. The molecule has 1 N–H and O–H groups in total. The number of nitrogens with one attached hydrogen (secondary N) is 1. The standard InChI is InChI=1S/C34H35NO2/c1-3-26-15-17-27(18-16-26)7-6-10-33(36)32(24-29-19-20-30-8-4-5-9-31(30)23-29)34(37)35-22-21-28-13-11-25(2)12-14-28/h3-5,8-9,11-20,23,32H,1,6-7,10,21-22,24H2,2H3,(H,35,37). The first-order valence-electron chi connectivity index (χ1n) is 13.1. The first kappa shape index (κ1) is 26.1. The number of ketones is 1. The van der Waals surface area contributed by atoms with Crippen molar-refractivity contribution in [3.05, 3.63) is 125 Å². The Labute approximate surface area is 220 Å². The minimum absolute atomic E-state index is 0.00343. The molecule has 0 aliphatic heterocycles. The molecule has 4 aromatic rings. The van der Waals surface area contributed by atoms with Gasteiger partial charge in [0.25, 0.3) is 0 Å². The van der Waals surface area contributed by atoms with Gasteiger partial charge < -0.3 is 5.32 Å². The summed E-state index contributed by atoms with van der Waals surface area (Å²) in [5, 5.41) is 5.31. The molecule has 188 valence electrons. The summed E-state index contributed by atoms with van der Waals surface area (Å²) in [5.41, 5.74) is 5.66. The Morgan fingerprint density at radius 2 is 1.46 bits per heavy atom. The van der Waals surface area contributed by atoms with Crippen molar-refractivity contribution in [2.24, 2.45) is 5.92 Å². The molecule has 0 radical (unpaired) electrons. The summed E-state index contributed by atoms with van der Waals surface area (Å²) in [6.07, 6.45) is 4.88. The SMILES string of the molecule is C=Cc1ccc(CCCC(=O)C(Cc2ccc3ccccc3c2)C(=O)NCCc2ccc(C)cc2)cc1. The van der Waals surface area contributed by atoms with Gasteiger partial charge in [-0.1, -0.05) is 109 Å². The fraction of sp³-hybridized carbons (Fsp3) is 0.235. The molecule has 0 aliphatic rings. The van der Waals surface area contributed by atoms with E-state index in [-0.39, 0.29) is 11.7 Å². The summed E-state index contributed by atoms with van der Waals surface area (Å²) in [6, 6.07) is 30.9. The summed E-state index contributed by atoms with van der Waals surface area (Å²) in [4.78, 5) is 26.6. The number of amides is 1. The molecule has 0 spiro atoms. The Morgan fingerprint density at radius 1 is 0.811 bits per heavy atom. The zero-order valence-corrected chi connectivity index (χ0v) is 21.6. The molecule has 0 saturated carbocycles. The normalized spacial score (nSPS) is 11.7. The van der Waals surface area contributed by atoms with E-state index in [9.17, 15) is 9.59 Å². The van der Waals surface area contributed by atoms with Crippen LogP contribution < -0.4 is 5.32 Å². The molecular weight excluding hydrogens is 454 g/mol. The smallest absolute Gasteiger partial charge is 0.230 e. The fourth-order valence-electron chi connectivity index (χ4n) is 4.62. The Balaban J connectivity index is 1.41. The van der Waals surface area contributed by atoms with Gasteiger partial charge in [-0.05, 0) is 65.6 Å². The van der Waals surface area contributed by atoms with Gasteiger partial charge in [-0.25, -0.2) is 0 Å². The second-order valence-corrected chi connectivity index (χ2v) is 9.73. The van der Waals surface area contributed by atoms with Crippen LogP contribution in [0, 0.1) is 12.8 Å². The number of carbonyl (C=O) groups is 2. The van der Waals surface area contributed by atoms with Crippen molar-refractivity contribution >= 4 is 28.5 Å². The zero-order valence-electron chi connectivity index (χ0n) is 21.6. The summed E-state index contributed by atoms with van der Waals surface area (Å²) in [7, 11) is 0. The summed E-state index contributed by atoms with van der Waals surface area (Å²) < 4.78 is 0. The predicted octanol–water partition coefficient (Wildman–Crippen LogP) is 6.90. The van der Waals surface area contributed by atoms with Crippen molar-refractivity contribution in [3.8, 4) is 0 Å². The van der Waals surface area contributed by atoms with E-state index < -0.39 is 5.92 Å². The quantitative estimate of drug-likeness (QED) is 0.220. The lowest BCUT2D eigenvalue weighted by molar-refractivity contribution is -0.134. The molecule has 3 heteroatoms. The minimum Gasteiger partial charge on any atom is -0.355 e. The van der Waals surface area contributed by atoms with Crippen LogP contribution in [0.2, 0.25) is 0 Å². The van der Waals surface area contributed by atoms with E-state index in [4.69, 9.17) is 0 Å². The van der Waals surface area contributed by atoms with Gasteiger partial charge in [-0.3, -0.25) is 9.59 Å². The fourth-order valence-corrected chi connectivity index (χ4v) is 4.62. The van der Waals surface area contributed by atoms with Crippen molar-refractivity contribution in [1.29, 1.82) is 0 Å². The predicted molar refractivity (Wildman–Crippen MR) is 154 cm³/mol. The van der Waals surface area contributed by atoms with Crippen LogP contribution in [0.1, 0.15) is 40.7 Å². The number of hydrogen-bond acceptors (Lipinski definition) is 2. The van der Waals surface area contributed by atoms with E-state index in [1.54, 1.807) is 0 Å². The number of benzene rings is 4. The lowest BCUT2D eigenvalue weighted by Gasteiger charge is -2.17. The number of carbonyl (C=O) groups excluding carboxylic acids is 2. The monoisotopic (exact) mass is 489 g/mol. The highest BCUT2D eigenvalue weighted by atomic mass is 16.2. The van der Waals surface area contributed by atoms with Crippen LogP contribution in [0.4, 0.5) is 0 Å². The van der Waals surface area contributed by atoms with Crippen LogP contribution >= 0.6 is 0 Å². The molecule has 1 unspecified atom stereocenters. The summed E-state index contributed by atoms with van der Waals surface area (Å²) in [6.45, 7) is 6.37. The second-order valence-electron chi connectivity index (χ2n) is 9.73. The molecule has 0 saturated heterocycles. The van der Waals surface area contributed by atoms with E-state index in [0.717, 1.165) is 41.2 Å². The van der Waals surface area contributed by atoms with Gasteiger partial charge in [0.1, 0.15) is 11.7 Å². The highest BCUT2D eigenvalue weighted by molar-refractivity contribution is 6.01. The van der Waals surface area contributed by atoms with Gasteiger partial charge in [0.05, 0.1) is 0 Å². The van der Waals surface area contributed by atoms with E-state index >= 15 is 0 Å². The Hall–Kier alpha value is -3.98. The molecule has 0 bridgehead atoms. The Kier molecular flexibility index (Phi) is 9.04. The van der Waals surface area contributed by atoms with Gasteiger partial charge in [-0.2, -0.15) is 0 Å². The first-order valence-corrected chi connectivity index (χ1v) is 13.1. The third-order valence-electron chi connectivity index (χ3n) is 6.90. The number of rotatable bonds is 12. The van der Waals surface area contributed by atoms with Crippen molar-refractivity contribution < 1.29 is 9.59 Å². The van der Waals surface area contributed by atoms with Gasteiger partial charge in [0, 0.05) is 13.0 Å². The molecule has 1 atom stereocenters. The zero-order chi connectivity index (χ0) is 26.0. The topological polar surface area (TPSA) is 46.2 Å². The molecule has 3 nitrogen and oxygen atoms in total. The van der Waals surface area contributed by atoms with Crippen molar-refractivity contribution in [2.45, 2.75) is 39.0 Å². The molecule has 0 aromatic heterocycles. The lowest BCUT2D eigenvalue weighted by Crippen LogP contribution is -2.37. The largest absolute Gasteiger partial charge is 0.355 e. The van der Waals surface area contributed by atoms with Crippen LogP contribution in [-0.4, -0.2) is 18.2 Å². The third-order valence-corrected chi connectivity index (χ3v) is 6.90. The summed E-state index contributed by atoms with van der Waals surface area (Å²) in [5.74, 6) is -0.869. The van der Waals surface area contributed by atoms with Gasteiger partial charge >= 0.3 is 0 Å². The van der Waals surface area contributed by atoms with E-state index in [1.165, 1.54) is 16.7 Å². The van der Waals surface area contributed by atoms with Crippen molar-refractivity contribution in [1.82, 2.24) is 5.32 Å². The molecule has 1 amide bonds. The maximum Gasteiger partial charge on any atom is 0.230 e. The minimum atomic E-state index is -0.692. The first-order chi connectivity index (χ1) is 18.0. The van der Waals surface area contributed by atoms with E-state index in [1.807, 2.05) is 36.4 Å². The Morgan fingerprint density at radius 3 is 2.19 bits per heavy atom. The molecule has 0 aliphatic carbocycles. The highest BCUT2D eigenvalue weighted by Crippen LogP contribution is 2.20.